The van der Waals surface area contributed by atoms with Crippen molar-refractivity contribution in [2.45, 2.75) is 44.9 Å². The van der Waals surface area contributed by atoms with Gasteiger partial charge in [-0.15, -0.1) is 0 Å². The number of fused-ring (bicyclic) bond motifs is 2. The summed E-state index contributed by atoms with van der Waals surface area (Å²) in [4.78, 5) is 23.9. The molecule has 0 aromatic rings. The molecule has 4 rings (SSSR count). The number of hydrogen-bond donors (Lipinski definition) is 1. The van der Waals surface area contributed by atoms with Crippen LogP contribution in [0.2, 0.25) is 0 Å². The van der Waals surface area contributed by atoms with E-state index in [2.05, 4.69) is 11.4 Å². The maximum atomic E-state index is 12.5. The van der Waals surface area contributed by atoms with Gasteiger partial charge in [0.05, 0.1) is 5.92 Å². The number of allylic oxidation sites excluding steroid dienone is 3. The van der Waals surface area contributed by atoms with Gasteiger partial charge >= 0.3 is 0 Å². The Balaban J connectivity index is 1.57. The van der Waals surface area contributed by atoms with Crippen LogP contribution in [0.5, 0.6) is 0 Å². The maximum Gasteiger partial charge on any atom is 0.224 e. The molecule has 120 valence electrons. The molecular formula is C18H24NO3-. The summed E-state index contributed by atoms with van der Waals surface area (Å²) < 4.78 is 0. The minimum absolute atomic E-state index is 0.0354. The highest BCUT2D eigenvalue weighted by Gasteiger charge is 2.44. The smallest absolute Gasteiger partial charge is 0.224 e. The Morgan fingerprint density at radius 3 is 2.45 bits per heavy atom. The lowest BCUT2D eigenvalue weighted by Gasteiger charge is -2.44. The number of amides is 1. The second kappa shape index (κ2) is 6.67. The molecule has 0 heterocycles. The predicted octanol–water partition coefficient (Wildman–Crippen LogP) is 1.57. The van der Waals surface area contributed by atoms with Gasteiger partial charge in [-0.05, 0) is 56.8 Å². The van der Waals surface area contributed by atoms with Gasteiger partial charge < -0.3 is 15.2 Å². The lowest BCUT2D eigenvalue weighted by molar-refractivity contribution is -0.316. The molecule has 22 heavy (non-hydrogen) atoms. The van der Waals surface area contributed by atoms with Gasteiger partial charge in [-0.3, -0.25) is 4.79 Å². The molecule has 0 saturated heterocycles. The van der Waals surface area contributed by atoms with Crippen LogP contribution in [-0.2, 0) is 9.59 Å². The number of aliphatic carboxylic acids is 1. The van der Waals surface area contributed by atoms with Crippen molar-refractivity contribution >= 4 is 11.9 Å². The van der Waals surface area contributed by atoms with Gasteiger partial charge in [-0.2, -0.15) is 0 Å². The zero-order valence-electron chi connectivity index (χ0n) is 12.9. The van der Waals surface area contributed by atoms with Gasteiger partial charge in [-0.1, -0.05) is 23.8 Å². The molecule has 1 amide bonds. The summed E-state index contributed by atoms with van der Waals surface area (Å²) in [6, 6.07) is 0. The van der Waals surface area contributed by atoms with E-state index in [0.29, 0.717) is 6.54 Å². The van der Waals surface area contributed by atoms with E-state index in [4.69, 9.17) is 0 Å². The van der Waals surface area contributed by atoms with E-state index in [-0.39, 0.29) is 17.7 Å². The van der Waals surface area contributed by atoms with Crippen molar-refractivity contribution in [2.24, 2.45) is 23.7 Å². The molecule has 2 bridgehead atoms. The van der Waals surface area contributed by atoms with Crippen LogP contribution in [0.4, 0.5) is 0 Å². The third kappa shape index (κ3) is 3.11. The lowest BCUT2D eigenvalue weighted by Crippen LogP contribution is -2.52. The molecule has 4 nitrogen and oxygen atoms in total. The van der Waals surface area contributed by atoms with Gasteiger partial charge in [0.25, 0.3) is 0 Å². The minimum Gasteiger partial charge on any atom is -0.550 e. The highest BCUT2D eigenvalue weighted by Crippen LogP contribution is 2.44. The second-order valence-electron chi connectivity index (χ2n) is 6.81. The summed E-state index contributed by atoms with van der Waals surface area (Å²) in [6.45, 7) is 0.613. The van der Waals surface area contributed by atoms with Crippen molar-refractivity contribution < 1.29 is 14.7 Å². The number of carboxylic acids is 1. The van der Waals surface area contributed by atoms with Crippen molar-refractivity contribution in [1.29, 1.82) is 0 Å². The molecule has 4 aliphatic rings. The summed E-state index contributed by atoms with van der Waals surface area (Å²) in [5.41, 5.74) is 1.42. The fraction of sp³-hybridized carbons (Fsp3) is 0.667. The van der Waals surface area contributed by atoms with Crippen LogP contribution in [0.15, 0.2) is 23.8 Å². The Labute approximate surface area is 131 Å². The molecule has 4 atom stereocenters. The fourth-order valence-electron chi connectivity index (χ4n) is 4.27. The van der Waals surface area contributed by atoms with Gasteiger partial charge in [0, 0.05) is 18.4 Å². The van der Waals surface area contributed by atoms with Crippen LogP contribution in [0.25, 0.3) is 0 Å². The summed E-state index contributed by atoms with van der Waals surface area (Å²) in [7, 11) is 0. The number of carbonyl (C=O) groups is 2. The molecule has 0 aliphatic heterocycles. The van der Waals surface area contributed by atoms with Crippen molar-refractivity contribution in [2.75, 3.05) is 6.54 Å². The third-order valence-corrected chi connectivity index (χ3v) is 5.45. The van der Waals surface area contributed by atoms with Crippen LogP contribution in [0.1, 0.15) is 44.9 Å². The van der Waals surface area contributed by atoms with Crippen LogP contribution in [0.3, 0.4) is 0 Å². The van der Waals surface area contributed by atoms with E-state index in [1.165, 1.54) is 18.4 Å². The highest BCUT2D eigenvalue weighted by atomic mass is 16.4. The molecule has 0 spiro atoms. The second-order valence-corrected chi connectivity index (χ2v) is 6.81. The SMILES string of the molecule is O=C(NCCC1=CCCCC1)[C@@H]1[C@@H](C(=O)[O-])[C@H]2C=C[C@@H]1CC2. The maximum absolute atomic E-state index is 12.5. The molecule has 1 N–H and O–H groups in total. The standard InChI is InChI=1S/C18H25NO3/c20-17(19-11-10-12-4-2-1-3-5-12)15-13-6-8-14(9-7-13)16(15)18(21)22/h4,6,8,13-16H,1-3,5,7,9-11H2,(H,19,20)(H,21,22)/p-1/t13-,14+,15+,16+/m1/s1. The quantitative estimate of drug-likeness (QED) is 0.784. The van der Waals surface area contributed by atoms with Gasteiger partial charge in [0.2, 0.25) is 5.91 Å². The van der Waals surface area contributed by atoms with E-state index < -0.39 is 17.8 Å². The van der Waals surface area contributed by atoms with Crippen molar-refractivity contribution in [3.05, 3.63) is 23.8 Å². The van der Waals surface area contributed by atoms with E-state index in [1.54, 1.807) is 0 Å². The van der Waals surface area contributed by atoms with Crippen LogP contribution >= 0.6 is 0 Å². The van der Waals surface area contributed by atoms with Gasteiger partial charge in [-0.25, -0.2) is 0 Å². The zero-order valence-corrected chi connectivity index (χ0v) is 12.9. The average molecular weight is 302 g/mol. The molecule has 0 unspecified atom stereocenters. The number of carbonyl (C=O) groups excluding carboxylic acids is 2. The first kappa shape index (κ1) is 15.3. The first-order valence-electron chi connectivity index (χ1n) is 8.51. The Morgan fingerprint density at radius 2 is 1.86 bits per heavy atom. The van der Waals surface area contributed by atoms with Crippen molar-refractivity contribution in [1.82, 2.24) is 5.32 Å². The third-order valence-electron chi connectivity index (χ3n) is 5.45. The molecule has 1 saturated carbocycles. The molecule has 1 fully saturated rings. The van der Waals surface area contributed by atoms with Gasteiger partial charge in [0.15, 0.2) is 0 Å². The molecule has 0 aromatic heterocycles. The monoisotopic (exact) mass is 302 g/mol. The highest BCUT2D eigenvalue weighted by molar-refractivity contribution is 5.85. The summed E-state index contributed by atoms with van der Waals surface area (Å²) >= 11 is 0. The van der Waals surface area contributed by atoms with E-state index in [9.17, 15) is 14.7 Å². The van der Waals surface area contributed by atoms with E-state index in [0.717, 1.165) is 32.1 Å². The lowest BCUT2D eigenvalue weighted by atomic mass is 9.62. The first-order chi connectivity index (χ1) is 10.7. The van der Waals surface area contributed by atoms with Crippen LogP contribution in [0, 0.1) is 23.7 Å². The molecule has 4 heteroatoms. The predicted molar refractivity (Wildman–Crippen MR) is 81.5 cm³/mol. The molecule has 0 aromatic carbocycles. The van der Waals surface area contributed by atoms with E-state index in [1.807, 2.05) is 12.2 Å². The largest absolute Gasteiger partial charge is 0.550 e. The Hall–Kier alpha value is -1.58. The number of nitrogens with one attached hydrogen (secondary N) is 1. The Kier molecular flexibility index (Phi) is 4.65. The number of rotatable bonds is 5. The number of carboxylic acid groups (broad SMARTS) is 1. The normalized spacial score (nSPS) is 33.4. The Bertz CT molecular complexity index is 508. The topological polar surface area (TPSA) is 69.2 Å². The molecule has 0 radical (unpaired) electrons. The fourth-order valence-corrected chi connectivity index (χ4v) is 4.27. The minimum atomic E-state index is -1.07. The van der Waals surface area contributed by atoms with Crippen molar-refractivity contribution in [3.8, 4) is 0 Å². The summed E-state index contributed by atoms with van der Waals surface area (Å²) in [5, 5.41) is 14.4. The molecule has 4 aliphatic carbocycles. The Morgan fingerprint density at radius 1 is 1.14 bits per heavy atom. The number of hydrogen-bond acceptors (Lipinski definition) is 3. The van der Waals surface area contributed by atoms with Gasteiger partial charge in [0.1, 0.15) is 0 Å². The van der Waals surface area contributed by atoms with Crippen molar-refractivity contribution in [3.63, 3.8) is 0 Å². The zero-order chi connectivity index (χ0) is 15.5. The summed E-state index contributed by atoms with van der Waals surface area (Å²) in [5.74, 6) is -2.26. The average Bonchev–Trinajstić information content (AvgIpc) is 2.55. The van der Waals surface area contributed by atoms with Crippen LogP contribution < -0.4 is 10.4 Å². The first-order valence-corrected chi connectivity index (χ1v) is 8.51. The van der Waals surface area contributed by atoms with E-state index >= 15 is 0 Å². The summed E-state index contributed by atoms with van der Waals surface area (Å²) in [6.07, 6.45) is 13.7. The molecular weight excluding hydrogens is 278 g/mol. The van der Waals surface area contributed by atoms with Crippen LogP contribution in [-0.4, -0.2) is 18.4 Å².